The Hall–Kier alpha value is -1.22. The van der Waals surface area contributed by atoms with Crippen LogP contribution in [-0.4, -0.2) is 18.5 Å². The second kappa shape index (κ2) is 6.30. The Labute approximate surface area is 94.8 Å². The highest BCUT2D eigenvalue weighted by Crippen LogP contribution is 2.18. The predicted octanol–water partition coefficient (Wildman–Crippen LogP) is 2.83. The molecule has 0 radical (unpaired) electrons. The number of hydrogen-bond acceptors (Lipinski definition) is 1. The Kier molecular flexibility index (Phi) is 4.98. The standard InChI is InChI=1S/C10H12N2O.CH3Cl/c13-10(12-9-6-7-9)11-8-4-2-1-3-5-8;1-2/h1-5,9H,6-7H2,(H2,11,12,13);1H3. The molecule has 1 aliphatic rings. The van der Waals surface area contributed by atoms with Crippen molar-refractivity contribution in [3.05, 3.63) is 30.3 Å². The second-order valence-electron chi connectivity index (χ2n) is 3.24. The topological polar surface area (TPSA) is 41.1 Å². The number of para-hydroxylation sites is 1. The molecule has 3 nitrogen and oxygen atoms in total. The molecule has 0 spiro atoms. The van der Waals surface area contributed by atoms with Crippen LogP contribution < -0.4 is 10.6 Å². The molecule has 1 fully saturated rings. The molecule has 1 aromatic carbocycles. The summed E-state index contributed by atoms with van der Waals surface area (Å²) in [5.41, 5.74) is 0.834. The highest BCUT2D eigenvalue weighted by molar-refractivity contribution is 6.15. The van der Waals surface area contributed by atoms with Gasteiger partial charge in [-0.25, -0.2) is 4.79 Å². The van der Waals surface area contributed by atoms with Crippen molar-refractivity contribution in [2.75, 3.05) is 11.7 Å². The Morgan fingerprint density at radius 2 is 1.87 bits per heavy atom. The fraction of sp³-hybridized carbons (Fsp3) is 0.364. The first-order chi connectivity index (χ1) is 7.34. The Balaban J connectivity index is 0.000000531. The average molecular weight is 227 g/mol. The Morgan fingerprint density at radius 1 is 1.27 bits per heavy atom. The van der Waals surface area contributed by atoms with E-state index in [1.807, 2.05) is 30.3 Å². The summed E-state index contributed by atoms with van der Waals surface area (Å²) in [6, 6.07) is 9.75. The Bertz CT molecular complexity index is 299. The van der Waals surface area contributed by atoms with Gasteiger partial charge in [0, 0.05) is 18.1 Å². The summed E-state index contributed by atoms with van der Waals surface area (Å²) in [4.78, 5) is 11.2. The normalized spacial score (nSPS) is 13.5. The van der Waals surface area contributed by atoms with E-state index >= 15 is 0 Å². The number of rotatable bonds is 2. The summed E-state index contributed by atoms with van der Waals surface area (Å²) in [6.07, 6.45) is 3.70. The predicted molar refractivity (Wildman–Crippen MR) is 63.4 cm³/mol. The summed E-state index contributed by atoms with van der Waals surface area (Å²) < 4.78 is 0. The molecule has 0 atom stereocenters. The number of carbonyl (C=O) groups excluding carboxylic acids is 1. The minimum Gasteiger partial charge on any atom is -0.335 e. The van der Waals surface area contributed by atoms with Gasteiger partial charge in [0.1, 0.15) is 0 Å². The fourth-order valence-corrected chi connectivity index (χ4v) is 1.10. The van der Waals surface area contributed by atoms with Crippen LogP contribution in [-0.2, 0) is 0 Å². The van der Waals surface area contributed by atoms with E-state index in [1.54, 1.807) is 0 Å². The van der Waals surface area contributed by atoms with E-state index in [1.165, 1.54) is 6.38 Å². The summed E-state index contributed by atoms with van der Waals surface area (Å²) >= 11 is 4.64. The van der Waals surface area contributed by atoms with Gasteiger partial charge in [-0.3, -0.25) is 0 Å². The van der Waals surface area contributed by atoms with Gasteiger partial charge in [-0.05, 0) is 25.0 Å². The van der Waals surface area contributed by atoms with Gasteiger partial charge in [0.05, 0.1) is 0 Å². The van der Waals surface area contributed by atoms with Gasteiger partial charge >= 0.3 is 6.03 Å². The van der Waals surface area contributed by atoms with Crippen molar-refractivity contribution < 1.29 is 4.79 Å². The monoisotopic (exact) mass is 226 g/mol. The minimum absolute atomic E-state index is 0.103. The number of hydrogen-bond donors (Lipinski definition) is 2. The van der Waals surface area contributed by atoms with E-state index in [2.05, 4.69) is 22.2 Å². The summed E-state index contributed by atoms with van der Waals surface area (Å²) in [6.45, 7) is 0. The Morgan fingerprint density at radius 3 is 2.40 bits per heavy atom. The number of nitrogens with one attached hydrogen (secondary N) is 2. The van der Waals surface area contributed by atoms with Crippen LogP contribution in [0.2, 0.25) is 0 Å². The third-order valence-electron chi connectivity index (χ3n) is 1.94. The third-order valence-corrected chi connectivity index (χ3v) is 1.94. The van der Waals surface area contributed by atoms with Crippen LogP contribution in [0, 0.1) is 0 Å². The molecule has 0 bridgehead atoms. The maximum Gasteiger partial charge on any atom is 0.319 e. The molecule has 0 unspecified atom stereocenters. The van der Waals surface area contributed by atoms with Crippen molar-refractivity contribution in [1.82, 2.24) is 5.32 Å². The van der Waals surface area contributed by atoms with E-state index in [0.29, 0.717) is 6.04 Å². The maximum absolute atomic E-state index is 11.2. The van der Waals surface area contributed by atoms with Gasteiger partial charge < -0.3 is 10.6 Å². The molecule has 0 saturated heterocycles. The molecular weight excluding hydrogens is 212 g/mol. The molecule has 2 N–H and O–H groups in total. The number of alkyl halides is 1. The number of anilines is 1. The van der Waals surface area contributed by atoms with Crippen molar-refractivity contribution in [2.24, 2.45) is 0 Å². The number of amides is 2. The SMILES string of the molecule is CCl.O=C(Nc1ccccc1)NC1CC1. The lowest BCUT2D eigenvalue weighted by Crippen LogP contribution is -2.30. The third kappa shape index (κ3) is 4.70. The molecule has 0 aromatic heterocycles. The smallest absolute Gasteiger partial charge is 0.319 e. The van der Waals surface area contributed by atoms with E-state index in [4.69, 9.17) is 0 Å². The van der Waals surface area contributed by atoms with Crippen molar-refractivity contribution in [2.45, 2.75) is 18.9 Å². The molecular formula is C11H15ClN2O. The van der Waals surface area contributed by atoms with E-state index in [9.17, 15) is 4.79 Å². The van der Waals surface area contributed by atoms with Crippen LogP contribution in [0.4, 0.5) is 10.5 Å². The first kappa shape index (κ1) is 11.9. The summed E-state index contributed by atoms with van der Waals surface area (Å²) in [7, 11) is 0. The van der Waals surface area contributed by atoms with Gasteiger partial charge in [0.25, 0.3) is 0 Å². The molecule has 0 heterocycles. The van der Waals surface area contributed by atoms with E-state index in [-0.39, 0.29) is 6.03 Å². The van der Waals surface area contributed by atoms with Crippen molar-refractivity contribution in [1.29, 1.82) is 0 Å². The molecule has 1 aliphatic carbocycles. The zero-order chi connectivity index (χ0) is 11.1. The quantitative estimate of drug-likeness (QED) is 0.749. The van der Waals surface area contributed by atoms with Crippen LogP contribution in [0.15, 0.2) is 30.3 Å². The highest BCUT2D eigenvalue weighted by Gasteiger charge is 2.22. The number of urea groups is 1. The summed E-state index contributed by atoms with van der Waals surface area (Å²) in [5.74, 6) is 0. The molecule has 2 rings (SSSR count). The van der Waals surface area contributed by atoms with Gasteiger partial charge in [-0.1, -0.05) is 18.2 Å². The lowest BCUT2D eigenvalue weighted by molar-refractivity contribution is 0.251. The lowest BCUT2D eigenvalue weighted by Gasteiger charge is -2.05. The van der Waals surface area contributed by atoms with Gasteiger partial charge in [0.15, 0.2) is 0 Å². The first-order valence-corrected chi connectivity index (χ1v) is 5.60. The molecule has 1 saturated carbocycles. The minimum atomic E-state index is -0.103. The zero-order valence-corrected chi connectivity index (χ0v) is 9.42. The zero-order valence-electron chi connectivity index (χ0n) is 8.66. The van der Waals surface area contributed by atoms with Gasteiger partial charge in [-0.2, -0.15) is 0 Å². The second-order valence-corrected chi connectivity index (χ2v) is 3.24. The van der Waals surface area contributed by atoms with Crippen LogP contribution in [0.25, 0.3) is 0 Å². The molecule has 4 heteroatoms. The number of halogens is 1. The average Bonchev–Trinajstić information content (AvgIpc) is 3.06. The summed E-state index contributed by atoms with van der Waals surface area (Å²) in [5, 5.41) is 5.62. The van der Waals surface area contributed by atoms with Crippen molar-refractivity contribution >= 4 is 23.3 Å². The number of benzene rings is 1. The van der Waals surface area contributed by atoms with Gasteiger partial charge in [-0.15, -0.1) is 11.6 Å². The maximum atomic E-state index is 11.2. The lowest BCUT2D eigenvalue weighted by atomic mass is 10.3. The van der Waals surface area contributed by atoms with Crippen molar-refractivity contribution in [3.63, 3.8) is 0 Å². The molecule has 1 aromatic rings. The van der Waals surface area contributed by atoms with Crippen LogP contribution in [0.1, 0.15) is 12.8 Å². The van der Waals surface area contributed by atoms with Crippen LogP contribution in [0.5, 0.6) is 0 Å². The molecule has 2 amide bonds. The largest absolute Gasteiger partial charge is 0.335 e. The van der Waals surface area contributed by atoms with Crippen molar-refractivity contribution in [3.8, 4) is 0 Å². The van der Waals surface area contributed by atoms with Crippen LogP contribution >= 0.6 is 11.6 Å². The van der Waals surface area contributed by atoms with Crippen LogP contribution in [0.3, 0.4) is 0 Å². The molecule has 0 aliphatic heterocycles. The first-order valence-electron chi connectivity index (χ1n) is 4.85. The molecule has 82 valence electrons. The van der Waals surface area contributed by atoms with Gasteiger partial charge in [0.2, 0.25) is 0 Å². The number of carbonyl (C=O) groups is 1. The van der Waals surface area contributed by atoms with E-state index < -0.39 is 0 Å². The van der Waals surface area contributed by atoms with E-state index in [0.717, 1.165) is 18.5 Å². The highest BCUT2D eigenvalue weighted by atomic mass is 35.5. The fourth-order valence-electron chi connectivity index (χ4n) is 1.10. The molecule has 15 heavy (non-hydrogen) atoms.